The molecule has 1 amide bonds. The SMILES string of the molecule is CCCC/C=C/CC(=O)NCN(C)C. The number of allylic oxidation sites excluding steroid dienone is 1. The zero-order valence-corrected chi connectivity index (χ0v) is 9.55. The van der Waals surface area contributed by atoms with Gasteiger partial charge in [-0.05, 0) is 20.5 Å². The predicted octanol–water partition coefficient (Wildman–Crippen LogP) is 1.76. The van der Waals surface area contributed by atoms with E-state index in [1.165, 1.54) is 12.8 Å². The van der Waals surface area contributed by atoms with Crippen LogP contribution >= 0.6 is 0 Å². The van der Waals surface area contributed by atoms with Crippen LogP contribution in [0.5, 0.6) is 0 Å². The molecule has 0 aliphatic rings. The third-order valence-corrected chi connectivity index (χ3v) is 1.79. The van der Waals surface area contributed by atoms with Gasteiger partial charge < -0.3 is 5.32 Å². The van der Waals surface area contributed by atoms with Gasteiger partial charge in [0.1, 0.15) is 0 Å². The Hall–Kier alpha value is -0.830. The van der Waals surface area contributed by atoms with Crippen LogP contribution in [0.4, 0.5) is 0 Å². The summed E-state index contributed by atoms with van der Waals surface area (Å²) in [6, 6.07) is 0. The molecule has 0 bridgehead atoms. The molecule has 0 heterocycles. The van der Waals surface area contributed by atoms with Gasteiger partial charge in [0.05, 0.1) is 6.67 Å². The van der Waals surface area contributed by atoms with Crippen LogP contribution in [0.15, 0.2) is 12.2 Å². The van der Waals surface area contributed by atoms with E-state index in [-0.39, 0.29) is 5.91 Å². The third-order valence-electron chi connectivity index (χ3n) is 1.79. The van der Waals surface area contributed by atoms with Gasteiger partial charge >= 0.3 is 0 Å². The fourth-order valence-electron chi connectivity index (χ4n) is 0.949. The van der Waals surface area contributed by atoms with Crippen LogP contribution in [0, 0.1) is 0 Å². The molecule has 0 atom stereocenters. The van der Waals surface area contributed by atoms with E-state index < -0.39 is 0 Å². The number of hydrogen-bond donors (Lipinski definition) is 1. The van der Waals surface area contributed by atoms with E-state index in [4.69, 9.17) is 0 Å². The largest absolute Gasteiger partial charge is 0.343 e. The summed E-state index contributed by atoms with van der Waals surface area (Å²) in [5.74, 6) is 0.0893. The van der Waals surface area contributed by atoms with E-state index in [2.05, 4.69) is 18.3 Å². The smallest absolute Gasteiger partial charge is 0.224 e. The fourth-order valence-corrected chi connectivity index (χ4v) is 0.949. The molecule has 0 spiro atoms. The lowest BCUT2D eigenvalue weighted by Gasteiger charge is -2.09. The predicted molar refractivity (Wildman–Crippen MR) is 60.0 cm³/mol. The molecule has 3 heteroatoms. The number of nitrogens with zero attached hydrogens (tertiary/aromatic N) is 1. The molecule has 3 nitrogen and oxygen atoms in total. The Morgan fingerprint density at radius 3 is 2.64 bits per heavy atom. The van der Waals surface area contributed by atoms with Gasteiger partial charge in [-0.25, -0.2) is 0 Å². The average molecular weight is 198 g/mol. The molecule has 0 fully saturated rings. The molecule has 0 aromatic heterocycles. The summed E-state index contributed by atoms with van der Waals surface area (Å²) in [4.78, 5) is 13.1. The normalized spacial score (nSPS) is 11.1. The highest BCUT2D eigenvalue weighted by molar-refractivity contribution is 5.77. The quantitative estimate of drug-likeness (QED) is 0.384. The van der Waals surface area contributed by atoms with E-state index in [0.29, 0.717) is 13.1 Å². The van der Waals surface area contributed by atoms with Gasteiger partial charge in [-0.1, -0.05) is 31.9 Å². The first-order chi connectivity index (χ1) is 6.66. The molecule has 0 radical (unpaired) electrons. The molecular formula is C11H22N2O. The van der Waals surface area contributed by atoms with E-state index in [9.17, 15) is 4.79 Å². The van der Waals surface area contributed by atoms with Gasteiger partial charge in [0, 0.05) is 6.42 Å². The van der Waals surface area contributed by atoms with Crippen LogP contribution in [-0.4, -0.2) is 31.6 Å². The number of nitrogens with one attached hydrogen (secondary N) is 1. The lowest BCUT2D eigenvalue weighted by molar-refractivity contribution is -0.120. The number of amides is 1. The molecule has 14 heavy (non-hydrogen) atoms. The van der Waals surface area contributed by atoms with Gasteiger partial charge in [-0.15, -0.1) is 0 Å². The van der Waals surface area contributed by atoms with Crippen molar-refractivity contribution >= 4 is 5.91 Å². The van der Waals surface area contributed by atoms with Crippen molar-refractivity contribution in [3.63, 3.8) is 0 Å². The zero-order valence-electron chi connectivity index (χ0n) is 9.55. The Kier molecular flexibility index (Phi) is 8.24. The summed E-state index contributed by atoms with van der Waals surface area (Å²) < 4.78 is 0. The first-order valence-corrected chi connectivity index (χ1v) is 5.23. The first kappa shape index (κ1) is 13.2. The second-order valence-corrected chi connectivity index (χ2v) is 3.66. The lowest BCUT2D eigenvalue weighted by Crippen LogP contribution is -2.32. The maximum absolute atomic E-state index is 11.2. The standard InChI is InChI=1S/C11H22N2O/c1-4-5-6-7-8-9-11(14)12-10-13(2)3/h7-8H,4-6,9-10H2,1-3H3,(H,12,14)/b8-7+. The maximum atomic E-state index is 11.2. The molecular weight excluding hydrogens is 176 g/mol. The Balaban J connectivity index is 3.39. The highest BCUT2D eigenvalue weighted by atomic mass is 16.1. The minimum absolute atomic E-state index is 0.0893. The lowest BCUT2D eigenvalue weighted by atomic mass is 10.2. The average Bonchev–Trinajstić information content (AvgIpc) is 2.14. The van der Waals surface area contributed by atoms with Crippen LogP contribution in [0.1, 0.15) is 32.6 Å². The first-order valence-electron chi connectivity index (χ1n) is 5.23. The Labute approximate surface area is 87.2 Å². The highest BCUT2D eigenvalue weighted by Crippen LogP contribution is 1.95. The molecule has 0 saturated heterocycles. The Morgan fingerprint density at radius 2 is 2.07 bits per heavy atom. The van der Waals surface area contributed by atoms with Crippen LogP contribution in [0.25, 0.3) is 0 Å². The minimum Gasteiger partial charge on any atom is -0.343 e. The molecule has 0 aromatic carbocycles. The van der Waals surface area contributed by atoms with Gasteiger partial charge in [0.25, 0.3) is 0 Å². The van der Waals surface area contributed by atoms with Crippen LogP contribution in [-0.2, 0) is 4.79 Å². The number of hydrogen-bond acceptors (Lipinski definition) is 2. The number of unbranched alkanes of at least 4 members (excludes halogenated alkanes) is 2. The van der Waals surface area contributed by atoms with Crippen molar-refractivity contribution in [2.45, 2.75) is 32.6 Å². The summed E-state index contributed by atoms with van der Waals surface area (Å²) in [7, 11) is 3.86. The van der Waals surface area contributed by atoms with Crippen LogP contribution in [0.2, 0.25) is 0 Å². The summed E-state index contributed by atoms with van der Waals surface area (Å²) in [5, 5.41) is 2.81. The van der Waals surface area contributed by atoms with Crippen molar-refractivity contribution in [2.75, 3.05) is 20.8 Å². The molecule has 1 N–H and O–H groups in total. The zero-order chi connectivity index (χ0) is 10.8. The number of rotatable bonds is 7. The van der Waals surface area contributed by atoms with E-state index in [1.54, 1.807) is 0 Å². The van der Waals surface area contributed by atoms with E-state index in [1.807, 2.05) is 25.1 Å². The molecule has 0 aromatic rings. The maximum Gasteiger partial charge on any atom is 0.224 e. The van der Waals surface area contributed by atoms with Gasteiger partial charge in [-0.3, -0.25) is 9.69 Å². The van der Waals surface area contributed by atoms with Gasteiger partial charge in [-0.2, -0.15) is 0 Å². The molecule has 0 rings (SSSR count). The fraction of sp³-hybridized carbons (Fsp3) is 0.727. The molecule has 0 unspecified atom stereocenters. The second-order valence-electron chi connectivity index (χ2n) is 3.66. The monoisotopic (exact) mass is 198 g/mol. The summed E-state index contributed by atoms with van der Waals surface area (Å²) >= 11 is 0. The van der Waals surface area contributed by atoms with Crippen molar-refractivity contribution in [1.29, 1.82) is 0 Å². The summed E-state index contributed by atoms with van der Waals surface area (Å²) in [5.41, 5.74) is 0. The van der Waals surface area contributed by atoms with Crippen molar-refractivity contribution in [3.8, 4) is 0 Å². The number of carbonyl (C=O) groups is 1. The molecule has 0 aliphatic heterocycles. The topological polar surface area (TPSA) is 32.3 Å². The van der Waals surface area contributed by atoms with Crippen LogP contribution < -0.4 is 5.32 Å². The van der Waals surface area contributed by atoms with Crippen molar-refractivity contribution < 1.29 is 4.79 Å². The minimum atomic E-state index is 0.0893. The van der Waals surface area contributed by atoms with Crippen LogP contribution in [0.3, 0.4) is 0 Å². The third kappa shape index (κ3) is 9.26. The Bertz CT molecular complexity index is 176. The molecule has 0 saturated carbocycles. The molecule has 82 valence electrons. The van der Waals surface area contributed by atoms with Crippen molar-refractivity contribution in [1.82, 2.24) is 10.2 Å². The van der Waals surface area contributed by atoms with E-state index >= 15 is 0 Å². The van der Waals surface area contributed by atoms with Gasteiger partial charge in [0.15, 0.2) is 0 Å². The second kappa shape index (κ2) is 8.75. The van der Waals surface area contributed by atoms with Gasteiger partial charge in [0.2, 0.25) is 5.91 Å². The Morgan fingerprint density at radius 1 is 1.36 bits per heavy atom. The summed E-state index contributed by atoms with van der Waals surface area (Å²) in [6.45, 7) is 2.78. The van der Waals surface area contributed by atoms with Crippen molar-refractivity contribution in [3.05, 3.63) is 12.2 Å². The van der Waals surface area contributed by atoms with E-state index in [0.717, 1.165) is 6.42 Å². The highest BCUT2D eigenvalue weighted by Gasteiger charge is 1.96. The summed E-state index contributed by atoms with van der Waals surface area (Å²) in [6.07, 6.45) is 8.02. The molecule has 0 aliphatic carbocycles. The van der Waals surface area contributed by atoms with Crippen molar-refractivity contribution in [2.24, 2.45) is 0 Å². The number of carbonyl (C=O) groups excluding carboxylic acids is 1.